The zero-order valence-corrected chi connectivity index (χ0v) is 13.0. The van der Waals surface area contributed by atoms with Crippen LogP contribution in [0.5, 0.6) is 5.75 Å². The first-order chi connectivity index (χ1) is 10.5. The molecule has 0 fully saturated rings. The number of aromatic hydroxyl groups is 1. The van der Waals surface area contributed by atoms with Gasteiger partial charge in [-0.1, -0.05) is 30.3 Å². The molecule has 0 bridgehead atoms. The summed E-state index contributed by atoms with van der Waals surface area (Å²) in [6, 6.07) is 11.3. The van der Waals surface area contributed by atoms with Gasteiger partial charge in [0.05, 0.1) is 12.3 Å². The van der Waals surface area contributed by atoms with E-state index in [2.05, 4.69) is 0 Å². The van der Waals surface area contributed by atoms with Crippen LogP contribution in [0.3, 0.4) is 0 Å². The van der Waals surface area contributed by atoms with Gasteiger partial charge in [0, 0.05) is 38.4 Å². The van der Waals surface area contributed by atoms with Crippen molar-refractivity contribution in [3.8, 4) is 5.75 Å². The van der Waals surface area contributed by atoms with Crippen molar-refractivity contribution in [1.82, 2.24) is 9.47 Å². The molecule has 0 saturated heterocycles. The molecule has 0 unspecified atom stereocenters. The van der Waals surface area contributed by atoms with Crippen LogP contribution in [0.25, 0.3) is 0 Å². The average Bonchev–Trinajstić information content (AvgIpc) is 2.51. The number of hydrogen-bond donors (Lipinski definition) is 2. The van der Waals surface area contributed by atoms with Gasteiger partial charge in [0.2, 0.25) is 5.43 Å². The third-order valence-corrected chi connectivity index (χ3v) is 3.82. The van der Waals surface area contributed by atoms with E-state index in [0.29, 0.717) is 25.3 Å². The topological polar surface area (TPSA) is 65.7 Å². The molecule has 5 heteroatoms. The molecule has 2 N–H and O–H groups in total. The summed E-state index contributed by atoms with van der Waals surface area (Å²) in [6.07, 6.45) is 0. The van der Waals surface area contributed by atoms with Gasteiger partial charge in [-0.25, -0.2) is 0 Å². The van der Waals surface area contributed by atoms with Gasteiger partial charge in [-0.3, -0.25) is 9.69 Å². The Bertz CT molecular complexity index is 680. The van der Waals surface area contributed by atoms with E-state index in [-0.39, 0.29) is 17.8 Å². The average molecular weight is 302 g/mol. The van der Waals surface area contributed by atoms with Gasteiger partial charge < -0.3 is 14.8 Å². The molecule has 118 valence electrons. The van der Waals surface area contributed by atoms with E-state index >= 15 is 0 Å². The molecule has 0 atom stereocenters. The van der Waals surface area contributed by atoms with Crippen LogP contribution in [0.1, 0.15) is 17.0 Å². The van der Waals surface area contributed by atoms with Gasteiger partial charge >= 0.3 is 0 Å². The first kappa shape index (κ1) is 16.3. The Kier molecular flexibility index (Phi) is 5.35. The molecule has 0 amide bonds. The summed E-state index contributed by atoms with van der Waals surface area (Å²) in [6.45, 7) is 3.36. The lowest BCUT2D eigenvalue weighted by Gasteiger charge is -2.24. The van der Waals surface area contributed by atoms with Gasteiger partial charge in [0.25, 0.3) is 0 Å². The van der Waals surface area contributed by atoms with Crippen molar-refractivity contribution in [3.63, 3.8) is 0 Å². The van der Waals surface area contributed by atoms with E-state index in [1.165, 1.54) is 6.07 Å². The van der Waals surface area contributed by atoms with Gasteiger partial charge in [-0.05, 0) is 12.5 Å². The van der Waals surface area contributed by atoms with E-state index < -0.39 is 0 Å². The summed E-state index contributed by atoms with van der Waals surface area (Å²) >= 11 is 0. The molecule has 0 radical (unpaired) electrons. The molecule has 2 aromatic rings. The molecule has 0 aliphatic heterocycles. The largest absolute Gasteiger partial charge is 0.503 e. The second kappa shape index (κ2) is 7.24. The monoisotopic (exact) mass is 302 g/mol. The van der Waals surface area contributed by atoms with E-state index in [1.54, 1.807) is 0 Å². The summed E-state index contributed by atoms with van der Waals surface area (Å²) in [7, 11) is 1.82. The van der Waals surface area contributed by atoms with Crippen molar-refractivity contribution in [3.05, 3.63) is 63.6 Å². The van der Waals surface area contributed by atoms with Crippen LogP contribution in [-0.2, 0) is 20.1 Å². The van der Waals surface area contributed by atoms with Gasteiger partial charge in [0.15, 0.2) is 5.75 Å². The van der Waals surface area contributed by atoms with Crippen molar-refractivity contribution in [2.24, 2.45) is 7.05 Å². The fraction of sp³-hybridized carbons (Fsp3) is 0.353. The molecular formula is C17H22N2O3. The smallest absolute Gasteiger partial charge is 0.223 e. The zero-order chi connectivity index (χ0) is 16.1. The minimum Gasteiger partial charge on any atom is -0.503 e. The van der Waals surface area contributed by atoms with Crippen LogP contribution in [0, 0.1) is 6.92 Å². The van der Waals surface area contributed by atoms with Crippen LogP contribution in [-0.4, -0.2) is 32.8 Å². The minimum atomic E-state index is -0.366. The number of benzene rings is 1. The predicted molar refractivity (Wildman–Crippen MR) is 85.7 cm³/mol. The quantitative estimate of drug-likeness (QED) is 0.846. The van der Waals surface area contributed by atoms with E-state index in [9.17, 15) is 15.0 Å². The van der Waals surface area contributed by atoms with Crippen molar-refractivity contribution >= 4 is 0 Å². The molecule has 1 heterocycles. The maximum absolute atomic E-state index is 11.8. The van der Waals surface area contributed by atoms with Crippen LogP contribution >= 0.6 is 0 Å². The molecule has 22 heavy (non-hydrogen) atoms. The molecule has 0 spiro atoms. The highest BCUT2D eigenvalue weighted by molar-refractivity contribution is 5.29. The maximum Gasteiger partial charge on any atom is 0.223 e. The second-order valence-corrected chi connectivity index (χ2v) is 5.42. The Hall–Kier alpha value is -2.11. The molecular weight excluding hydrogens is 280 g/mol. The van der Waals surface area contributed by atoms with Crippen LogP contribution in [0.4, 0.5) is 0 Å². The fourth-order valence-electron chi connectivity index (χ4n) is 2.46. The van der Waals surface area contributed by atoms with Gasteiger partial charge in [0.1, 0.15) is 0 Å². The molecule has 1 aromatic carbocycles. The Morgan fingerprint density at radius 2 is 1.86 bits per heavy atom. The summed E-state index contributed by atoms with van der Waals surface area (Å²) in [5.41, 5.74) is 2.11. The molecule has 2 rings (SSSR count). The maximum atomic E-state index is 11.8. The number of pyridine rings is 1. The minimum absolute atomic E-state index is 0.0212. The molecule has 1 aromatic heterocycles. The number of aliphatic hydroxyl groups is 1. The Morgan fingerprint density at radius 3 is 2.50 bits per heavy atom. The third kappa shape index (κ3) is 3.75. The fourth-order valence-corrected chi connectivity index (χ4v) is 2.46. The van der Waals surface area contributed by atoms with Crippen molar-refractivity contribution < 1.29 is 10.2 Å². The summed E-state index contributed by atoms with van der Waals surface area (Å²) in [5, 5.41) is 19.3. The number of aliphatic hydroxyl groups excluding tert-OH is 1. The number of rotatable bonds is 6. The Labute approximate surface area is 130 Å². The summed E-state index contributed by atoms with van der Waals surface area (Å²) < 4.78 is 1.81. The lowest BCUT2D eigenvalue weighted by molar-refractivity contribution is 0.179. The van der Waals surface area contributed by atoms with Crippen LogP contribution in [0.2, 0.25) is 0 Å². The van der Waals surface area contributed by atoms with Crippen molar-refractivity contribution in [2.45, 2.75) is 20.0 Å². The van der Waals surface area contributed by atoms with E-state index in [1.807, 2.05) is 53.8 Å². The zero-order valence-electron chi connectivity index (χ0n) is 13.0. The van der Waals surface area contributed by atoms with E-state index in [0.717, 1.165) is 11.3 Å². The number of hydrogen-bond acceptors (Lipinski definition) is 4. The lowest BCUT2D eigenvalue weighted by atomic mass is 10.2. The summed E-state index contributed by atoms with van der Waals surface area (Å²) in [5.74, 6) is -0.218. The summed E-state index contributed by atoms with van der Waals surface area (Å²) in [4.78, 5) is 13.8. The highest BCUT2D eigenvalue weighted by Crippen LogP contribution is 2.17. The van der Waals surface area contributed by atoms with E-state index in [4.69, 9.17) is 0 Å². The Morgan fingerprint density at radius 1 is 1.18 bits per heavy atom. The van der Waals surface area contributed by atoms with Crippen LogP contribution < -0.4 is 5.43 Å². The third-order valence-electron chi connectivity index (χ3n) is 3.82. The number of aryl methyl sites for hydroxylation is 1. The standard InChI is InChI=1S/C17H22N2O3/c1-13-10-16(21)17(22)15(18(13)2)12-19(8-9-20)11-14-6-4-3-5-7-14/h3-7,10,20,22H,8-9,11-12H2,1-2H3. The first-order valence-corrected chi connectivity index (χ1v) is 7.28. The molecule has 0 aliphatic rings. The number of aromatic nitrogens is 1. The highest BCUT2D eigenvalue weighted by atomic mass is 16.3. The second-order valence-electron chi connectivity index (χ2n) is 5.42. The molecule has 0 aliphatic carbocycles. The van der Waals surface area contributed by atoms with Crippen molar-refractivity contribution in [1.29, 1.82) is 0 Å². The predicted octanol–water partition coefficient (Wildman–Crippen LogP) is 1.39. The highest BCUT2D eigenvalue weighted by Gasteiger charge is 2.15. The Balaban J connectivity index is 2.27. The lowest BCUT2D eigenvalue weighted by Crippen LogP contribution is -2.28. The molecule has 0 saturated carbocycles. The van der Waals surface area contributed by atoms with Gasteiger partial charge in [-0.2, -0.15) is 0 Å². The van der Waals surface area contributed by atoms with Crippen LogP contribution in [0.15, 0.2) is 41.2 Å². The van der Waals surface area contributed by atoms with Crippen molar-refractivity contribution in [2.75, 3.05) is 13.2 Å². The normalized spacial score (nSPS) is 11.1. The van der Waals surface area contributed by atoms with Gasteiger partial charge in [-0.15, -0.1) is 0 Å². The molecule has 5 nitrogen and oxygen atoms in total. The number of nitrogens with zero attached hydrogens (tertiary/aromatic N) is 2. The SMILES string of the molecule is Cc1cc(=O)c(O)c(CN(CCO)Cc2ccccc2)n1C. The first-order valence-electron chi connectivity index (χ1n) is 7.28.